The summed E-state index contributed by atoms with van der Waals surface area (Å²) in [4.78, 5) is 11.2. The van der Waals surface area contributed by atoms with E-state index in [1.54, 1.807) is 6.92 Å². The Labute approximate surface area is 112 Å². The summed E-state index contributed by atoms with van der Waals surface area (Å²) in [5.41, 5.74) is 1.71. The number of Topliss-reactive ketones (excluding diaryl/α,β-unsaturated/α-hetero) is 1. The van der Waals surface area contributed by atoms with Crippen LogP contribution in [0.1, 0.15) is 30.6 Å². The SMILES string of the molecule is CC(=O)c1ccc(N[C@@H]2C[C@H](C)NC(=S)N2)cc1. The molecule has 1 aliphatic rings. The number of hydrogen-bond acceptors (Lipinski definition) is 3. The first-order valence-corrected chi connectivity index (χ1v) is 6.40. The lowest BCUT2D eigenvalue weighted by molar-refractivity contribution is 0.101. The Morgan fingerprint density at radius 3 is 2.56 bits per heavy atom. The van der Waals surface area contributed by atoms with Crippen LogP contribution in [0.25, 0.3) is 0 Å². The molecule has 1 aromatic rings. The molecule has 4 nitrogen and oxygen atoms in total. The van der Waals surface area contributed by atoms with Gasteiger partial charge in [0.15, 0.2) is 10.9 Å². The summed E-state index contributed by atoms with van der Waals surface area (Å²) in [5, 5.41) is 10.4. The summed E-state index contributed by atoms with van der Waals surface area (Å²) in [6, 6.07) is 7.83. The lowest BCUT2D eigenvalue weighted by Gasteiger charge is -2.32. The zero-order valence-electron chi connectivity index (χ0n) is 10.5. The Kier molecular flexibility index (Phi) is 3.81. The van der Waals surface area contributed by atoms with Crippen LogP contribution < -0.4 is 16.0 Å². The van der Waals surface area contributed by atoms with Crippen molar-refractivity contribution in [3.8, 4) is 0 Å². The lowest BCUT2D eigenvalue weighted by atomic mass is 10.1. The van der Waals surface area contributed by atoms with Gasteiger partial charge in [-0.15, -0.1) is 0 Å². The smallest absolute Gasteiger partial charge is 0.168 e. The first kappa shape index (κ1) is 12.8. The van der Waals surface area contributed by atoms with Crippen LogP contribution in [-0.4, -0.2) is 23.1 Å². The third kappa shape index (κ3) is 3.20. The first-order chi connectivity index (χ1) is 8.54. The van der Waals surface area contributed by atoms with Crippen molar-refractivity contribution in [1.29, 1.82) is 0 Å². The Morgan fingerprint density at radius 1 is 1.33 bits per heavy atom. The van der Waals surface area contributed by atoms with E-state index in [-0.39, 0.29) is 11.9 Å². The van der Waals surface area contributed by atoms with Gasteiger partial charge in [-0.2, -0.15) is 0 Å². The fourth-order valence-corrected chi connectivity index (χ4v) is 2.34. The van der Waals surface area contributed by atoms with Crippen molar-refractivity contribution in [1.82, 2.24) is 10.6 Å². The highest BCUT2D eigenvalue weighted by atomic mass is 32.1. The summed E-state index contributed by atoms with van der Waals surface area (Å²) in [7, 11) is 0. The molecular formula is C13H17N3OS. The highest BCUT2D eigenvalue weighted by Crippen LogP contribution is 2.13. The van der Waals surface area contributed by atoms with Gasteiger partial charge in [0.25, 0.3) is 0 Å². The van der Waals surface area contributed by atoms with Crippen LogP contribution in [0.3, 0.4) is 0 Å². The quantitative estimate of drug-likeness (QED) is 0.574. The second-order valence-electron chi connectivity index (χ2n) is 4.59. The van der Waals surface area contributed by atoms with Gasteiger partial charge in [0.2, 0.25) is 0 Å². The Balaban J connectivity index is 2.00. The normalized spacial score (nSPS) is 22.9. The van der Waals surface area contributed by atoms with Gasteiger partial charge in [-0.1, -0.05) is 0 Å². The van der Waals surface area contributed by atoms with Crippen LogP contribution >= 0.6 is 12.2 Å². The fraction of sp³-hybridized carbons (Fsp3) is 0.385. The topological polar surface area (TPSA) is 53.2 Å². The largest absolute Gasteiger partial charge is 0.365 e. The van der Waals surface area contributed by atoms with Crippen molar-refractivity contribution in [3.63, 3.8) is 0 Å². The van der Waals surface area contributed by atoms with E-state index in [0.717, 1.165) is 17.7 Å². The average Bonchev–Trinajstić information content (AvgIpc) is 2.28. The molecule has 18 heavy (non-hydrogen) atoms. The Morgan fingerprint density at radius 2 is 2.00 bits per heavy atom. The van der Waals surface area contributed by atoms with E-state index in [1.165, 1.54) is 0 Å². The van der Waals surface area contributed by atoms with E-state index < -0.39 is 0 Å². The van der Waals surface area contributed by atoms with Crippen molar-refractivity contribution in [2.45, 2.75) is 32.5 Å². The van der Waals surface area contributed by atoms with E-state index in [1.807, 2.05) is 24.3 Å². The highest BCUT2D eigenvalue weighted by molar-refractivity contribution is 7.80. The number of hydrogen-bond donors (Lipinski definition) is 3. The molecular weight excluding hydrogens is 246 g/mol. The molecule has 3 N–H and O–H groups in total. The van der Waals surface area contributed by atoms with Crippen LogP contribution in [0, 0.1) is 0 Å². The molecule has 0 saturated carbocycles. The minimum Gasteiger partial charge on any atom is -0.365 e. The van der Waals surface area contributed by atoms with E-state index in [2.05, 4.69) is 22.9 Å². The second kappa shape index (κ2) is 5.35. The fourth-order valence-electron chi connectivity index (χ4n) is 1.99. The molecule has 0 amide bonds. The lowest BCUT2D eigenvalue weighted by Crippen LogP contribution is -2.55. The van der Waals surface area contributed by atoms with Crippen LogP contribution in [0.4, 0.5) is 5.69 Å². The zero-order valence-corrected chi connectivity index (χ0v) is 11.3. The van der Waals surface area contributed by atoms with Crippen molar-refractivity contribution < 1.29 is 4.79 Å². The van der Waals surface area contributed by atoms with E-state index >= 15 is 0 Å². The highest BCUT2D eigenvalue weighted by Gasteiger charge is 2.20. The summed E-state index contributed by atoms with van der Waals surface area (Å²) < 4.78 is 0. The molecule has 0 radical (unpaired) electrons. The molecule has 0 spiro atoms. The number of ketones is 1. The predicted octanol–water partition coefficient (Wildman–Crippen LogP) is 1.88. The maximum Gasteiger partial charge on any atom is 0.168 e. The number of rotatable bonds is 3. The molecule has 5 heteroatoms. The van der Waals surface area contributed by atoms with Crippen LogP contribution in [-0.2, 0) is 0 Å². The standard InChI is InChI=1S/C13H17N3OS/c1-8-7-12(16-13(18)14-8)15-11-5-3-10(4-6-11)9(2)17/h3-6,8,12,15H,7H2,1-2H3,(H2,14,16,18)/t8-,12-/m0/s1. The van der Waals surface area contributed by atoms with Crippen molar-refractivity contribution in [2.24, 2.45) is 0 Å². The number of nitrogens with one attached hydrogen (secondary N) is 3. The Hall–Kier alpha value is -1.62. The predicted molar refractivity (Wildman–Crippen MR) is 76.8 cm³/mol. The van der Waals surface area contributed by atoms with Gasteiger partial charge < -0.3 is 16.0 Å². The van der Waals surface area contributed by atoms with Crippen molar-refractivity contribution in [2.75, 3.05) is 5.32 Å². The molecule has 1 aliphatic heterocycles. The van der Waals surface area contributed by atoms with Crippen LogP contribution in [0.2, 0.25) is 0 Å². The molecule has 2 rings (SSSR count). The van der Waals surface area contributed by atoms with Gasteiger partial charge in [0.05, 0.1) is 0 Å². The van der Waals surface area contributed by atoms with Gasteiger partial charge in [0, 0.05) is 23.7 Å². The summed E-state index contributed by atoms with van der Waals surface area (Å²) >= 11 is 5.12. The molecule has 1 saturated heterocycles. The van der Waals surface area contributed by atoms with Crippen LogP contribution in [0.15, 0.2) is 24.3 Å². The van der Waals surface area contributed by atoms with Crippen molar-refractivity contribution >= 4 is 28.8 Å². The van der Waals surface area contributed by atoms with Crippen molar-refractivity contribution in [3.05, 3.63) is 29.8 Å². The maximum atomic E-state index is 11.2. The molecule has 1 aromatic carbocycles. The molecule has 0 unspecified atom stereocenters. The molecule has 0 aliphatic carbocycles. The third-order valence-electron chi connectivity index (χ3n) is 2.90. The van der Waals surface area contributed by atoms with Crippen LogP contribution in [0.5, 0.6) is 0 Å². The van der Waals surface area contributed by atoms with Gasteiger partial charge in [-0.3, -0.25) is 4.79 Å². The second-order valence-corrected chi connectivity index (χ2v) is 4.99. The van der Waals surface area contributed by atoms with E-state index in [4.69, 9.17) is 12.2 Å². The Bertz CT molecular complexity index is 458. The molecule has 0 aromatic heterocycles. The molecule has 96 valence electrons. The first-order valence-electron chi connectivity index (χ1n) is 5.99. The molecule has 1 heterocycles. The monoisotopic (exact) mass is 263 g/mol. The van der Waals surface area contributed by atoms with Gasteiger partial charge in [0.1, 0.15) is 6.17 Å². The van der Waals surface area contributed by atoms with E-state index in [0.29, 0.717) is 11.2 Å². The summed E-state index contributed by atoms with van der Waals surface area (Å²) in [6.07, 6.45) is 1.06. The minimum absolute atomic E-state index is 0.0799. The minimum atomic E-state index is 0.0799. The molecule has 0 bridgehead atoms. The maximum absolute atomic E-state index is 11.2. The number of benzene rings is 1. The average molecular weight is 263 g/mol. The zero-order chi connectivity index (χ0) is 13.1. The third-order valence-corrected chi connectivity index (χ3v) is 3.14. The summed E-state index contributed by atoms with van der Waals surface area (Å²) in [5.74, 6) is 0.0799. The number of thiocarbonyl (C=S) groups is 1. The van der Waals surface area contributed by atoms with E-state index in [9.17, 15) is 4.79 Å². The van der Waals surface area contributed by atoms with Gasteiger partial charge >= 0.3 is 0 Å². The van der Waals surface area contributed by atoms with Gasteiger partial charge in [-0.25, -0.2) is 0 Å². The summed E-state index contributed by atoms with van der Waals surface area (Å²) in [6.45, 7) is 3.66. The molecule has 1 fully saturated rings. The number of carbonyl (C=O) groups excluding carboxylic acids is 1. The molecule has 2 atom stereocenters. The number of anilines is 1. The number of carbonyl (C=O) groups is 1. The van der Waals surface area contributed by atoms with Gasteiger partial charge in [-0.05, 0) is 50.3 Å².